The van der Waals surface area contributed by atoms with E-state index in [1.807, 2.05) is 43.1 Å². The summed E-state index contributed by atoms with van der Waals surface area (Å²) in [6.07, 6.45) is 1.22. The van der Waals surface area contributed by atoms with Crippen molar-refractivity contribution in [3.8, 4) is 0 Å². The van der Waals surface area contributed by atoms with Crippen molar-refractivity contribution in [3.63, 3.8) is 0 Å². The fourth-order valence-electron chi connectivity index (χ4n) is 2.06. The van der Waals surface area contributed by atoms with Gasteiger partial charge in [0.2, 0.25) is 0 Å². The molecule has 0 saturated heterocycles. The van der Waals surface area contributed by atoms with E-state index in [1.165, 1.54) is 12.3 Å². The number of hydrogen-bond donors (Lipinski definition) is 2. The number of aliphatic hydroxyl groups excluding tert-OH is 1. The molecule has 1 aromatic heterocycles. The van der Waals surface area contributed by atoms with Crippen LogP contribution in [0.5, 0.6) is 0 Å². The van der Waals surface area contributed by atoms with E-state index >= 15 is 0 Å². The van der Waals surface area contributed by atoms with Crippen molar-refractivity contribution in [1.29, 1.82) is 0 Å². The summed E-state index contributed by atoms with van der Waals surface area (Å²) < 4.78 is 12.9. The fourth-order valence-corrected chi connectivity index (χ4v) is 2.06. The smallest absolute Gasteiger partial charge is 0.141 e. The fraction of sp³-hybridized carbons (Fsp3) is 0.312. The molecule has 1 heterocycles. The van der Waals surface area contributed by atoms with Gasteiger partial charge in [0, 0.05) is 25.0 Å². The summed E-state index contributed by atoms with van der Waals surface area (Å²) in [4.78, 5) is 6.05. The number of rotatable bonds is 6. The summed E-state index contributed by atoms with van der Waals surface area (Å²) >= 11 is 0. The standard InChI is InChI=1S/C16H20FN3O/c1-12(16-8-3-13(17)11-18-16)19-14-4-6-15(7-5-14)20(2)9-10-21/h3-8,11-12,19,21H,9-10H2,1-2H3. The van der Waals surface area contributed by atoms with Gasteiger partial charge in [-0.2, -0.15) is 0 Å². The molecule has 0 radical (unpaired) electrons. The Bertz CT molecular complexity index is 557. The second-order valence-corrected chi connectivity index (χ2v) is 4.96. The number of halogens is 1. The number of hydrogen-bond acceptors (Lipinski definition) is 4. The monoisotopic (exact) mass is 289 g/mol. The van der Waals surface area contributed by atoms with E-state index in [0.717, 1.165) is 17.1 Å². The van der Waals surface area contributed by atoms with Crippen LogP contribution in [0.1, 0.15) is 18.7 Å². The van der Waals surface area contributed by atoms with Gasteiger partial charge in [0.15, 0.2) is 0 Å². The molecule has 0 bridgehead atoms. The van der Waals surface area contributed by atoms with E-state index in [-0.39, 0.29) is 18.5 Å². The molecule has 0 saturated carbocycles. The quantitative estimate of drug-likeness (QED) is 0.858. The van der Waals surface area contributed by atoms with Crippen LogP contribution in [-0.4, -0.2) is 30.3 Å². The number of aromatic nitrogens is 1. The van der Waals surface area contributed by atoms with Gasteiger partial charge >= 0.3 is 0 Å². The zero-order valence-electron chi connectivity index (χ0n) is 12.3. The SMILES string of the molecule is CC(Nc1ccc(N(C)CCO)cc1)c1ccc(F)cn1. The first-order valence-electron chi connectivity index (χ1n) is 6.90. The maximum atomic E-state index is 12.9. The Morgan fingerprint density at radius 3 is 2.52 bits per heavy atom. The molecule has 0 aliphatic heterocycles. The Balaban J connectivity index is 2.01. The molecule has 112 valence electrons. The average molecular weight is 289 g/mol. The predicted molar refractivity (Wildman–Crippen MR) is 83.0 cm³/mol. The minimum atomic E-state index is -0.331. The van der Waals surface area contributed by atoms with Crippen LogP contribution in [0.25, 0.3) is 0 Å². The number of nitrogens with one attached hydrogen (secondary N) is 1. The predicted octanol–water partition coefficient (Wildman–Crippen LogP) is 2.82. The van der Waals surface area contributed by atoms with Crippen LogP contribution in [0.15, 0.2) is 42.6 Å². The molecule has 0 amide bonds. The number of benzene rings is 1. The molecule has 5 heteroatoms. The first-order valence-corrected chi connectivity index (χ1v) is 6.90. The average Bonchev–Trinajstić information content (AvgIpc) is 2.49. The van der Waals surface area contributed by atoms with Crippen LogP contribution in [0.2, 0.25) is 0 Å². The highest BCUT2D eigenvalue weighted by molar-refractivity contribution is 5.55. The highest BCUT2D eigenvalue weighted by Gasteiger charge is 2.07. The molecular weight excluding hydrogens is 269 g/mol. The summed E-state index contributed by atoms with van der Waals surface area (Å²) in [5.74, 6) is -0.331. The number of anilines is 2. The molecule has 1 atom stereocenters. The highest BCUT2D eigenvalue weighted by Crippen LogP contribution is 2.21. The number of aliphatic hydroxyl groups is 1. The second kappa shape index (κ2) is 7.04. The molecule has 2 aromatic rings. The van der Waals surface area contributed by atoms with Crippen molar-refractivity contribution in [3.05, 3.63) is 54.1 Å². The molecular formula is C16H20FN3O. The minimum Gasteiger partial charge on any atom is -0.395 e. The highest BCUT2D eigenvalue weighted by atomic mass is 19.1. The molecule has 0 fully saturated rings. The van der Waals surface area contributed by atoms with Crippen LogP contribution in [-0.2, 0) is 0 Å². The number of nitrogens with zero attached hydrogens (tertiary/aromatic N) is 2. The third-order valence-corrected chi connectivity index (χ3v) is 3.32. The van der Waals surface area contributed by atoms with Crippen LogP contribution < -0.4 is 10.2 Å². The lowest BCUT2D eigenvalue weighted by Gasteiger charge is -2.19. The molecule has 1 unspecified atom stereocenters. The third kappa shape index (κ3) is 4.16. The van der Waals surface area contributed by atoms with Gasteiger partial charge in [-0.05, 0) is 43.3 Å². The molecule has 4 nitrogen and oxygen atoms in total. The largest absolute Gasteiger partial charge is 0.395 e. The molecule has 0 aliphatic rings. The topological polar surface area (TPSA) is 48.4 Å². The molecule has 0 aliphatic carbocycles. The normalized spacial score (nSPS) is 12.0. The molecule has 2 N–H and O–H groups in total. The van der Waals surface area contributed by atoms with Gasteiger partial charge in [0.25, 0.3) is 0 Å². The summed E-state index contributed by atoms with van der Waals surface area (Å²) in [5.41, 5.74) is 2.80. The van der Waals surface area contributed by atoms with Crippen molar-refractivity contribution in [1.82, 2.24) is 4.98 Å². The van der Waals surface area contributed by atoms with Gasteiger partial charge in [-0.3, -0.25) is 4.98 Å². The van der Waals surface area contributed by atoms with E-state index in [0.29, 0.717) is 6.54 Å². The van der Waals surface area contributed by atoms with Gasteiger partial charge < -0.3 is 15.3 Å². The van der Waals surface area contributed by atoms with Crippen molar-refractivity contribution in [2.75, 3.05) is 30.4 Å². The summed E-state index contributed by atoms with van der Waals surface area (Å²) in [6, 6.07) is 11.0. The Hall–Kier alpha value is -2.14. The van der Waals surface area contributed by atoms with Crippen molar-refractivity contribution >= 4 is 11.4 Å². The molecule has 0 spiro atoms. The van der Waals surface area contributed by atoms with Gasteiger partial charge in [-0.15, -0.1) is 0 Å². The number of pyridine rings is 1. The zero-order chi connectivity index (χ0) is 15.2. The summed E-state index contributed by atoms with van der Waals surface area (Å²) in [5, 5.41) is 12.3. The van der Waals surface area contributed by atoms with Crippen LogP contribution in [0, 0.1) is 5.82 Å². The Morgan fingerprint density at radius 2 is 1.95 bits per heavy atom. The van der Waals surface area contributed by atoms with E-state index in [1.54, 1.807) is 6.07 Å². The van der Waals surface area contributed by atoms with Crippen molar-refractivity contribution < 1.29 is 9.50 Å². The van der Waals surface area contributed by atoms with E-state index in [2.05, 4.69) is 10.3 Å². The Morgan fingerprint density at radius 1 is 1.24 bits per heavy atom. The maximum absolute atomic E-state index is 12.9. The lowest BCUT2D eigenvalue weighted by atomic mass is 10.2. The lowest BCUT2D eigenvalue weighted by Crippen LogP contribution is -2.20. The zero-order valence-corrected chi connectivity index (χ0v) is 12.3. The summed E-state index contributed by atoms with van der Waals surface area (Å²) in [7, 11) is 1.93. The van der Waals surface area contributed by atoms with Crippen LogP contribution in [0.4, 0.5) is 15.8 Å². The molecule has 2 rings (SSSR count). The first kappa shape index (κ1) is 15.3. The minimum absolute atomic E-state index is 0.00776. The van der Waals surface area contributed by atoms with Gasteiger partial charge in [-0.25, -0.2) is 4.39 Å². The maximum Gasteiger partial charge on any atom is 0.141 e. The molecule has 1 aromatic carbocycles. The van der Waals surface area contributed by atoms with Gasteiger partial charge in [-0.1, -0.05) is 0 Å². The Labute approximate surface area is 124 Å². The first-order chi connectivity index (χ1) is 10.1. The number of likely N-dealkylation sites (N-methyl/N-ethyl adjacent to an activating group) is 1. The third-order valence-electron chi connectivity index (χ3n) is 3.32. The van der Waals surface area contributed by atoms with Crippen LogP contribution >= 0.6 is 0 Å². The Kier molecular flexibility index (Phi) is 5.11. The lowest BCUT2D eigenvalue weighted by molar-refractivity contribution is 0.304. The van der Waals surface area contributed by atoms with Gasteiger partial charge in [0.05, 0.1) is 24.5 Å². The van der Waals surface area contributed by atoms with Crippen LogP contribution in [0.3, 0.4) is 0 Å². The summed E-state index contributed by atoms with van der Waals surface area (Å²) in [6.45, 7) is 2.71. The van der Waals surface area contributed by atoms with E-state index < -0.39 is 0 Å². The van der Waals surface area contributed by atoms with E-state index in [4.69, 9.17) is 5.11 Å². The van der Waals surface area contributed by atoms with Gasteiger partial charge in [0.1, 0.15) is 5.82 Å². The molecule has 21 heavy (non-hydrogen) atoms. The van der Waals surface area contributed by atoms with Crippen molar-refractivity contribution in [2.24, 2.45) is 0 Å². The van der Waals surface area contributed by atoms with E-state index in [9.17, 15) is 4.39 Å². The second-order valence-electron chi connectivity index (χ2n) is 4.96. The van der Waals surface area contributed by atoms with Crippen molar-refractivity contribution in [2.45, 2.75) is 13.0 Å².